The molecule has 5 nitrogen and oxygen atoms in total. The third kappa shape index (κ3) is 3.74. The fourth-order valence-corrected chi connectivity index (χ4v) is 2.81. The minimum absolute atomic E-state index is 0.140. The molecule has 2 aromatic rings. The van der Waals surface area contributed by atoms with Crippen LogP contribution in [0.5, 0.6) is 0 Å². The van der Waals surface area contributed by atoms with E-state index >= 15 is 0 Å². The first-order chi connectivity index (χ1) is 10.7. The summed E-state index contributed by atoms with van der Waals surface area (Å²) in [5, 5.41) is 6.80. The first-order valence-electron chi connectivity index (χ1n) is 7.71. The van der Waals surface area contributed by atoms with Gasteiger partial charge in [0, 0.05) is 31.7 Å². The molecule has 1 amide bonds. The van der Waals surface area contributed by atoms with Gasteiger partial charge in [0.2, 0.25) is 0 Å². The Morgan fingerprint density at radius 2 is 2.05 bits per heavy atom. The molecule has 1 aromatic carbocycles. The Hall–Kier alpha value is -2.14. The average molecular weight is 299 g/mol. The van der Waals surface area contributed by atoms with E-state index in [2.05, 4.69) is 39.6 Å². The highest BCUT2D eigenvalue weighted by Crippen LogP contribution is 2.14. The smallest absolute Gasteiger partial charge is 0.273 e. The lowest BCUT2D eigenvalue weighted by Crippen LogP contribution is -2.44. The maximum Gasteiger partial charge on any atom is 0.273 e. The van der Waals surface area contributed by atoms with Crippen LogP contribution in [0.15, 0.2) is 40.9 Å². The number of hydrogen-bond donors (Lipinski definition) is 1. The van der Waals surface area contributed by atoms with Gasteiger partial charge in [-0.3, -0.25) is 9.69 Å². The summed E-state index contributed by atoms with van der Waals surface area (Å²) in [4.78, 5) is 14.5. The van der Waals surface area contributed by atoms with Crippen molar-refractivity contribution in [2.24, 2.45) is 0 Å². The van der Waals surface area contributed by atoms with Crippen LogP contribution in [-0.2, 0) is 6.54 Å². The number of carbonyl (C=O) groups excluding carboxylic acids is 1. The molecule has 0 aliphatic carbocycles. The van der Waals surface area contributed by atoms with Crippen molar-refractivity contribution in [3.05, 3.63) is 53.4 Å². The van der Waals surface area contributed by atoms with Crippen LogP contribution in [0, 0.1) is 6.92 Å². The van der Waals surface area contributed by atoms with Crippen LogP contribution in [0.4, 0.5) is 0 Å². The predicted octanol–water partition coefficient (Wildman–Crippen LogP) is 2.38. The summed E-state index contributed by atoms with van der Waals surface area (Å²) in [6.07, 6.45) is 1.94. The average Bonchev–Trinajstić information content (AvgIpc) is 2.97. The Morgan fingerprint density at radius 1 is 1.32 bits per heavy atom. The van der Waals surface area contributed by atoms with Crippen molar-refractivity contribution in [2.75, 3.05) is 13.1 Å². The van der Waals surface area contributed by atoms with Gasteiger partial charge in [0.25, 0.3) is 5.91 Å². The number of benzene rings is 1. The molecule has 0 saturated carbocycles. The summed E-state index contributed by atoms with van der Waals surface area (Å²) in [6.45, 7) is 4.76. The molecule has 0 radical (unpaired) electrons. The molecular weight excluding hydrogens is 278 g/mol. The van der Waals surface area contributed by atoms with Crippen LogP contribution in [0.25, 0.3) is 0 Å². The molecule has 0 unspecified atom stereocenters. The molecule has 1 aromatic heterocycles. The molecule has 1 aliphatic rings. The number of aryl methyl sites for hydroxylation is 1. The summed E-state index contributed by atoms with van der Waals surface area (Å²) in [6, 6.07) is 12.4. The van der Waals surface area contributed by atoms with Gasteiger partial charge in [-0.2, -0.15) is 0 Å². The lowest BCUT2D eigenvalue weighted by Gasteiger charge is -2.32. The van der Waals surface area contributed by atoms with Crippen LogP contribution in [-0.4, -0.2) is 35.1 Å². The lowest BCUT2D eigenvalue weighted by atomic mass is 10.0. The highest BCUT2D eigenvalue weighted by molar-refractivity contribution is 5.92. The zero-order valence-corrected chi connectivity index (χ0v) is 12.8. The summed E-state index contributed by atoms with van der Waals surface area (Å²) in [7, 11) is 0. The van der Waals surface area contributed by atoms with E-state index in [1.54, 1.807) is 13.0 Å². The van der Waals surface area contributed by atoms with Crippen molar-refractivity contribution in [3.63, 3.8) is 0 Å². The van der Waals surface area contributed by atoms with Crippen LogP contribution in [0.2, 0.25) is 0 Å². The third-order valence-electron chi connectivity index (χ3n) is 4.03. The Balaban J connectivity index is 1.46. The maximum absolute atomic E-state index is 12.1. The van der Waals surface area contributed by atoms with Gasteiger partial charge in [0.15, 0.2) is 5.69 Å². The van der Waals surface area contributed by atoms with E-state index in [-0.39, 0.29) is 11.9 Å². The van der Waals surface area contributed by atoms with Gasteiger partial charge in [-0.25, -0.2) is 0 Å². The van der Waals surface area contributed by atoms with Crippen molar-refractivity contribution in [3.8, 4) is 0 Å². The number of aromatic nitrogens is 1. The van der Waals surface area contributed by atoms with Gasteiger partial charge in [-0.05, 0) is 25.3 Å². The molecule has 22 heavy (non-hydrogen) atoms. The van der Waals surface area contributed by atoms with Crippen molar-refractivity contribution < 1.29 is 9.32 Å². The van der Waals surface area contributed by atoms with E-state index in [4.69, 9.17) is 4.52 Å². The third-order valence-corrected chi connectivity index (χ3v) is 4.03. The minimum Gasteiger partial charge on any atom is -0.361 e. The predicted molar refractivity (Wildman–Crippen MR) is 83.4 cm³/mol. The van der Waals surface area contributed by atoms with Gasteiger partial charge >= 0.3 is 0 Å². The second-order valence-corrected chi connectivity index (χ2v) is 5.83. The Morgan fingerprint density at radius 3 is 2.68 bits per heavy atom. The number of rotatable bonds is 4. The number of piperidine rings is 1. The Kier molecular flexibility index (Phi) is 4.53. The molecule has 2 heterocycles. The largest absolute Gasteiger partial charge is 0.361 e. The van der Waals surface area contributed by atoms with Crippen molar-refractivity contribution >= 4 is 5.91 Å². The quantitative estimate of drug-likeness (QED) is 0.941. The molecule has 1 fully saturated rings. The van der Waals surface area contributed by atoms with E-state index in [1.165, 1.54) is 5.56 Å². The van der Waals surface area contributed by atoms with Crippen LogP contribution < -0.4 is 5.32 Å². The number of amides is 1. The van der Waals surface area contributed by atoms with Crippen molar-refractivity contribution in [2.45, 2.75) is 32.4 Å². The SMILES string of the molecule is Cc1cc(C(=O)NC2CCN(Cc3ccccc3)CC2)no1. The summed E-state index contributed by atoms with van der Waals surface area (Å²) in [5.41, 5.74) is 1.70. The fourth-order valence-electron chi connectivity index (χ4n) is 2.81. The minimum atomic E-state index is -0.140. The summed E-state index contributed by atoms with van der Waals surface area (Å²) in [5.74, 6) is 0.515. The molecule has 1 saturated heterocycles. The summed E-state index contributed by atoms with van der Waals surface area (Å²) < 4.78 is 4.94. The van der Waals surface area contributed by atoms with E-state index < -0.39 is 0 Å². The molecule has 5 heteroatoms. The standard InChI is InChI=1S/C17H21N3O2/c1-13-11-16(19-22-13)17(21)18-15-7-9-20(10-8-15)12-14-5-3-2-4-6-14/h2-6,11,15H,7-10,12H2,1H3,(H,18,21). The fraction of sp³-hybridized carbons (Fsp3) is 0.412. The number of likely N-dealkylation sites (tertiary alicyclic amines) is 1. The molecule has 1 aliphatic heterocycles. The molecule has 1 N–H and O–H groups in total. The van der Waals surface area contributed by atoms with Gasteiger partial charge in [0.05, 0.1) is 0 Å². The van der Waals surface area contributed by atoms with E-state index in [0.717, 1.165) is 32.5 Å². The highest BCUT2D eigenvalue weighted by atomic mass is 16.5. The number of carbonyl (C=O) groups is 1. The molecule has 0 bridgehead atoms. The number of nitrogens with one attached hydrogen (secondary N) is 1. The molecule has 0 spiro atoms. The van der Waals surface area contributed by atoms with E-state index in [1.807, 2.05) is 6.07 Å². The van der Waals surface area contributed by atoms with E-state index in [0.29, 0.717) is 11.5 Å². The van der Waals surface area contributed by atoms with Gasteiger partial charge in [-0.15, -0.1) is 0 Å². The van der Waals surface area contributed by atoms with Crippen LogP contribution in [0.1, 0.15) is 34.7 Å². The Bertz CT molecular complexity index is 616. The zero-order chi connectivity index (χ0) is 15.4. The van der Waals surface area contributed by atoms with Gasteiger partial charge in [-0.1, -0.05) is 35.5 Å². The lowest BCUT2D eigenvalue weighted by molar-refractivity contribution is 0.0900. The van der Waals surface area contributed by atoms with Crippen LogP contribution in [0.3, 0.4) is 0 Å². The second kappa shape index (κ2) is 6.75. The number of nitrogens with zero attached hydrogens (tertiary/aromatic N) is 2. The van der Waals surface area contributed by atoms with Gasteiger partial charge in [0.1, 0.15) is 5.76 Å². The Labute approximate surface area is 130 Å². The van der Waals surface area contributed by atoms with E-state index in [9.17, 15) is 4.79 Å². The molecular formula is C17H21N3O2. The first-order valence-corrected chi connectivity index (χ1v) is 7.71. The highest BCUT2D eigenvalue weighted by Gasteiger charge is 2.22. The molecule has 0 atom stereocenters. The van der Waals surface area contributed by atoms with Crippen molar-refractivity contribution in [1.82, 2.24) is 15.4 Å². The normalized spacial score (nSPS) is 16.6. The first kappa shape index (κ1) is 14.8. The zero-order valence-electron chi connectivity index (χ0n) is 12.8. The van der Waals surface area contributed by atoms with Crippen molar-refractivity contribution in [1.29, 1.82) is 0 Å². The molecule has 116 valence electrons. The monoisotopic (exact) mass is 299 g/mol. The number of hydrogen-bond acceptors (Lipinski definition) is 4. The van der Waals surface area contributed by atoms with Gasteiger partial charge < -0.3 is 9.84 Å². The second-order valence-electron chi connectivity index (χ2n) is 5.83. The van der Waals surface area contributed by atoms with Crippen LogP contribution >= 0.6 is 0 Å². The molecule has 3 rings (SSSR count). The maximum atomic E-state index is 12.1. The summed E-state index contributed by atoms with van der Waals surface area (Å²) >= 11 is 0. The topological polar surface area (TPSA) is 58.4 Å².